The molecular weight excluding hydrogens is 574 g/mol. The van der Waals surface area contributed by atoms with Gasteiger partial charge in [-0.15, -0.1) is 0 Å². The standard InChI is InChI=1S/C32H35NO11/c1-5-39-29(36)19(2)17-41-28-26(33-20(3)34)32(40-15-9-10-21-13-14-24(35)23(16-21)30(37)38-4)43-25-18-42-31(44-27(25)28)22-11-7-6-8-12-22/h6-8,11-14,16,25-28,31-32,35H,2,5,15,17-18H2,1,3-4H3,(H,33,34)/t25?,26-,27+,28?,31?,32+/m0/s1. The van der Waals surface area contributed by atoms with Crippen molar-refractivity contribution in [2.75, 3.05) is 33.5 Å². The number of hydrogen-bond donors (Lipinski definition) is 2. The third-order valence-corrected chi connectivity index (χ3v) is 6.75. The lowest BCUT2D eigenvalue weighted by Crippen LogP contribution is -2.67. The topological polar surface area (TPSA) is 148 Å². The summed E-state index contributed by atoms with van der Waals surface area (Å²) in [6.45, 7) is 6.78. The van der Waals surface area contributed by atoms with Gasteiger partial charge in [0.25, 0.3) is 0 Å². The number of carbonyl (C=O) groups is 3. The molecule has 12 heteroatoms. The van der Waals surface area contributed by atoms with Crippen molar-refractivity contribution in [1.82, 2.24) is 5.32 Å². The molecule has 3 unspecified atom stereocenters. The number of rotatable bonds is 10. The van der Waals surface area contributed by atoms with Gasteiger partial charge in [-0.3, -0.25) is 4.79 Å². The second-order valence-electron chi connectivity index (χ2n) is 9.88. The van der Waals surface area contributed by atoms with Crippen molar-refractivity contribution in [3.8, 4) is 17.6 Å². The number of nitrogens with one attached hydrogen (secondary N) is 1. The summed E-state index contributed by atoms with van der Waals surface area (Å²) < 4.78 is 40.3. The molecule has 0 bridgehead atoms. The van der Waals surface area contributed by atoms with Crippen LogP contribution in [0.25, 0.3) is 0 Å². The lowest BCUT2D eigenvalue weighted by Gasteiger charge is -2.49. The Bertz CT molecular complexity index is 1400. The zero-order chi connectivity index (χ0) is 31.6. The molecule has 234 valence electrons. The van der Waals surface area contributed by atoms with Crippen molar-refractivity contribution in [2.45, 2.75) is 50.8 Å². The van der Waals surface area contributed by atoms with E-state index in [1.807, 2.05) is 30.3 Å². The van der Waals surface area contributed by atoms with Crippen LogP contribution in [0.3, 0.4) is 0 Å². The maximum absolute atomic E-state index is 12.3. The first-order valence-corrected chi connectivity index (χ1v) is 13.9. The summed E-state index contributed by atoms with van der Waals surface area (Å²) >= 11 is 0. The minimum Gasteiger partial charge on any atom is -0.507 e. The molecule has 2 fully saturated rings. The molecule has 4 rings (SSSR count). The average molecular weight is 610 g/mol. The Morgan fingerprint density at radius 3 is 2.59 bits per heavy atom. The number of phenolic OH excluding ortho intramolecular Hbond substituents is 1. The first kappa shape index (κ1) is 32.7. The molecule has 2 aliphatic rings. The highest BCUT2D eigenvalue weighted by Crippen LogP contribution is 2.36. The van der Waals surface area contributed by atoms with Crippen LogP contribution in [0.15, 0.2) is 60.7 Å². The first-order valence-electron chi connectivity index (χ1n) is 13.9. The van der Waals surface area contributed by atoms with Gasteiger partial charge in [-0.05, 0) is 25.1 Å². The molecule has 0 aliphatic carbocycles. The number of aromatic hydroxyl groups is 1. The second kappa shape index (κ2) is 15.5. The minimum atomic E-state index is -1.04. The average Bonchev–Trinajstić information content (AvgIpc) is 3.02. The quantitative estimate of drug-likeness (QED) is 0.232. The van der Waals surface area contributed by atoms with Crippen LogP contribution in [-0.2, 0) is 42.7 Å². The van der Waals surface area contributed by atoms with E-state index in [0.29, 0.717) is 5.56 Å². The van der Waals surface area contributed by atoms with E-state index in [1.54, 1.807) is 6.92 Å². The van der Waals surface area contributed by atoms with Gasteiger partial charge in [0.15, 0.2) is 12.6 Å². The number of ether oxygens (including phenoxy) is 7. The van der Waals surface area contributed by atoms with Crippen LogP contribution in [0, 0.1) is 11.8 Å². The lowest BCUT2D eigenvalue weighted by molar-refractivity contribution is -0.346. The molecule has 2 aromatic carbocycles. The summed E-state index contributed by atoms with van der Waals surface area (Å²) in [5.41, 5.74) is 1.29. The van der Waals surface area contributed by atoms with Crippen LogP contribution < -0.4 is 5.32 Å². The fourth-order valence-corrected chi connectivity index (χ4v) is 4.72. The van der Waals surface area contributed by atoms with E-state index in [2.05, 4.69) is 28.5 Å². The highest BCUT2D eigenvalue weighted by Gasteiger charge is 2.51. The van der Waals surface area contributed by atoms with Crippen LogP contribution in [0.4, 0.5) is 0 Å². The summed E-state index contributed by atoms with van der Waals surface area (Å²) in [6, 6.07) is 12.7. The fourth-order valence-electron chi connectivity index (χ4n) is 4.72. The summed E-state index contributed by atoms with van der Waals surface area (Å²) in [5.74, 6) is 3.80. The smallest absolute Gasteiger partial charge is 0.341 e. The van der Waals surface area contributed by atoms with Gasteiger partial charge in [0, 0.05) is 18.1 Å². The monoisotopic (exact) mass is 609 g/mol. The van der Waals surface area contributed by atoms with Crippen LogP contribution in [0.1, 0.15) is 41.6 Å². The summed E-state index contributed by atoms with van der Waals surface area (Å²) in [4.78, 5) is 36.4. The summed E-state index contributed by atoms with van der Waals surface area (Å²) in [7, 11) is 1.21. The molecule has 2 aromatic rings. The van der Waals surface area contributed by atoms with Crippen molar-refractivity contribution in [3.63, 3.8) is 0 Å². The van der Waals surface area contributed by atoms with Gasteiger partial charge in [0.2, 0.25) is 5.91 Å². The molecule has 2 N–H and O–H groups in total. The van der Waals surface area contributed by atoms with E-state index in [4.69, 9.17) is 28.4 Å². The number of amides is 1. The van der Waals surface area contributed by atoms with E-state index in [1.165, 1.54) is 32.2 Å². The zero-order valence-corrected chi connectivity index (χ0v) is 24.6. The maximum atomic E-state index is 12.3. The van der Waals surface area contributed by atoms with E-state index >= 15 is 0 Å². The zero-order valence-electron chi connectivity index (χ0n) is 24.6. The van der Waals surface area contributed by atoms with E-state index < -0.39 is 48.9 Å². The van der Waals surface area contributed by atoms with Gasteiger partial charge in [0.1, 0.15) is 42.3 Å². The molecule has 6 atom stereocenters. The van der Waals surface area contributed by atoms with Crippen LogP contribution in [0.5, 0.6) is 5.75 Å². The SMILES string of the molecule is C=C(COC1[C@@H]2OC(c3ccccc3)OCC2O[C@@H](OCC#Cc2ccc(O)c(C(=O)OC)c2)[C@H]1NC(C)=O)C(=O)OCC. The Labute approximate surface area is 255 Å². The molecule has 1 amide bonds. The predicted molar refractivity (Wildman–Crippen MR) is 154 cm³/mol. The van der Waals surface area contributed by atoms with Gasteiger partial charge in [0.05, 0.1) is 32.5 Å². The number of fused-ring (bicyclic) bond motifs is 1. The molecule has 0 radical (unpaired) electrons. The Kier molecular flexibility index (Phi) is 11.5. The maximum Gasteiger partial charge on any atom is 0.341 e. The largest absolute Gasteiger partial charge is 0.507 e. The van der Waals surface area contributed by atoms with Crippen molar-refractivity contribution < 1.29 is 52.6 Å². The van der Waals surface area contributed by atoms with Gasteiger partial charge in [-0.1, -0.05) is 48.8 Å². The Hall–Kier alpha value is -4.25. The van der Waals surface area contributed by atoms with Gasteiger partial charge in [-0.25, -0.2) is 9.59 Å². The summed E-state index contributed by atoms with van der Waals surface area (Å²) in [5, 5.41) is 12.8. The highest BCUT2D eigenvalue weighted by atomic mass is 16.7. The Morgan fingerprint density at radius 1 is 1.11 bits per heavy atom. The molecule has 0 aromatic heterocycles. The normalized spacial score (nSPS) is 24.2. The predicted octanol–water partition coefficient (Wildman–Crippen LogP) is 2.40. The lowest BCUT2D eigenvalue weighted by atomic mass is 9.95. The highest BCUT2D eigenvalue weighted by molar-refractivity contribution is 5.92. The number of esters is 2. The van der Waals surface area contributed by atoms with E-state index in [-0.39, 0.29) is 49.2 Å². The van der Waals surface area contributed by atoms with Crippen LogP contribution in [-0.4, -0.2) is 87.1 Å². The number of methoxy groups -OCH3 is 1. The Balaban J connectivity index is 1.54. The third kappa shape index (κ3) is 8.22. The van der Waals surface area contributed by atoms with Gasteiger partial charge in [-0.2, -0.15) is 0 Å². The number of carbonyl (C=O) groups excluding carboxylic acids is 3. The van der Waals surface area contributed by atoms with Crippen molar-refractivity contribution in [2.24, 2.45) is 0 Å². The van der Waals surface area contributed by atoms with E-state index in [9.17, 15) is 19.5 Å². The molecule has 44 heavy (non-hydrogen) atoms. The molecule has 12 nitrogen and oxygen atoms in total. The fraction of sp³-hybridized carbons (Fsp3) is 0.406. The molecule has 0 saturated carbocycles. The van der Waals surface area contributed by atoms with Crippen molar-refractivity contribution >= 4 is 17.8 Å². The first-order chi connectivity index (χ1) is 21.2. The number of hydrogen-bond acceptors (Lipinski definition) is 11. The minimum absolute atomic E-state index is 0.0249. The third-order valence-electron chi connectivity index (χ3n) is 6.75. The molecule has 2 saturated heterocycles. The van der Waals surface area contributed by atoms with Crippen LogP contribution >= 0.6 is 0 Å². The number of benzene rings is 2. The van der Waals surface area contributed by atoms with Gasteiger partial charge < -0.3 is 43.6 Å². The molecule has 0 spiro atoms. The Morgan fingerprint density at radius 2 is 1.89 bits per heavy atom. The molecule has 2 aliphatic heterocycles. The molecular formula is C32H35NO11. The number of phenols is 1. The molecule has 2 heterocycles. The summed E-state index contributed by atoms with van der Waals surface area (Å²) in [6.07, 6.45) is -3.99. The van der Waals surface area contributed by atoms with Gasteiger partial charge >= 0.3 is 11.9 Å². The van der Waals surface area contributed by atoms with Crippen LogP contribution in [0.2, 0.25) is 0 Å². The van der Waals surface area contributed by atoms with Crippen molar-refractivity contribution in [3.05, 3.63) is 77.4 Å². The van der Waals surface area contributed by atoms with Crippen molar-refractivity contribution in [1.29, 1.82) is 0 Å². The second-order valence-corrected chi connectivity index (χ2v) is 9.88. The van der Waals surface area contributed by atoms with E-state index in [0.717, 1.165) is 5.56 Å².